The van der Waals surface area contributed by atoms with E-state index in [1.807, 2.05) is 0 Å². The topological polar surface area (TPSA) is 103 Å². The van der Waals surface area contributed by atoms with E-state index in [2.05, 4.69) is 0 Å². The first kappa shape index (κ1) is 12.6. The number of ketones is 1. The number of nitro benzene ring substituents is 1. The van der Waals surface area contributed by atoms with Crippen molar-refractivity contribution in [2.45, 2.75) is 6.92 Å². The molecule has 1 amide bonds. The van der Waals surface area contributed by atoms with E-state index in [1.54, 1.807) is 0 Å². The summed E-state index contributed by atoms with van der Waals surface area (Å²) in [6.45, 7) is 1.22. The van der Waals surface area contributed by atoms with E-state index in [9.17, 15) is 19.7 Å². The van der Waals surface area contributed by atoms with Crippen LogP contribution < -0.4 is 5.73 Å². The van der Waals surface area contributed by atoms with E-state index in [1.165, 1.54) is 37.3 Å². The molecule has 0 fully saturated rings. The fourth-order valence-corrected chi connectivity index (χ4v) is 1.21. The Hall–Kier alpha value is -2.50. The fourth-order valence-electron chi connectivity index (χ4n) is 1.21. The first-order valence-electron chi connectivity index (χ1n) is 4.68. The number of carbonyl (C=O) groups is 2. The van der Waals surface area contributed by atoms with Crippen LogP contribution in [-0.4, -0.2) is 16.6 Å². The molecule has 6 nitrogen and oxygen atoms in total. The zero-order valence-electron chi connectivity index (χ0n) is 9.04. The molecule has 1 aromatic rings. The molecule has 0 saturated carbocycles. The lowest BCUT2D eigenvalue weighted by molar-refractivity contribution is -0.384. The van der Waals surface area contributed by atoms with E-state index in [0.717, 1.165) is 0 Å². The molecule has 0 aliphatic carbocycles. The number of rotatable bonds is 4. The van der Waals surface area contributed by atoms with Crippen LogP contribution in [0, 0.1) is 10.1 Å². The molecule has 6 heteroatoms. The van der Waals surface area contributed by atoms with Crippen molar-refractivity contribution < 1.29 is 14.5 Å². The number of benzene rings is 1. The number of non-ortho nitro benzene ring substituents is 1. The first-order valence-corrected chi connectivity index (χ1v) is 4.68. The Morgan fingerprint density at radius 3 is 2.18 bits per heavy atom. The third-order valence-corrected chi connectivity index (χ3v) is 2.06. The Labute approximate surface area is 96.9 Å². The van der Waals surface area contributed by atoms with Crippen LogP contribution in [0.4, 0.5) is 5.69 Å². The molecule has 0 bridgehead atoms. The van der Waals surface area contributed by atoms with Crippen molar-refractivity contribution in [3.8, 4) is 0 Å². The predicted octanol–water partition coefficient (Wildman–Crippen LogP) is 1.05. The highest BCUT2D eigenvalue weighted by atomic mass is 16.6. The van der Waals surface area contributed by atoms with Gasteiger partial charge in [-0.2, -0.15) is 0 Å². The third kappa shape index (κ3) is 3.23. The molecule has 0 aromatic heterocycles. The van der Waals surface area contributed by atoms with Crippen molar-refractivity contribution in [2.75, 3.05) is 0 Å². The second-order valence-electron chi connectivity index (χ2n) is 3.33. The lowest BCUT2D eigenvalue weighted by atomic mass is 10.1. The summed E-state index contributed by atoms with van der Waals surface area (Å²) in [6.07, 6.45) is 1.30. The van der Waals surface area contributed by atoms with Crippen LogP contribution in [0.25, 0.3) is 6.08 Å². The first-order chi connectivity index (χ1) is 7.91. The average molecular weight is 234 g/mol. The van der Waals surface area contributed by atoms with Crippen molar-refractivity contribution in [3.05, 3.63) is 45.5 Å². The molecule has 1 rings (SSSR count). The minimum atomic E-state index is -0.823. The maximum absolute atomic E-state index is 11.1. The summed E-state index contributed by atoms with van der Waals surface area (Å²) in [5.41, 5.74) is 5.32. The summed E-state index contributed by atoms with van der Waals surface area (Å²) in [5.74, 6) is -1.27. The molecule has 0 spiro atoms. The smallest absolute Gasteiger partial charge is 0.269 e. The predicted molar refractivity (Wildman–Crippen MR) is 60.9 cm³/mol. The zero-order valence-corrected chi connectivity index (χ0v) is 9.04. The van der Waals surface area contributed by atoms with Gasteiger partial charge in [0.2, 0.25) is 0 Å². The number of carbonyl (C=O) groups excluding carboxylic acids is 2. The van der Waals surface area contributed by atoms with Crippen LogP contribution in [0.1, 0.15) is 12.5 Å². The van der Waals surface area contributed by atoms with Crippen LogP contribution in [0.2, 0.25) is 0 Å². The van der Waals surface area contributed by atoms with Crippen molar-refractivity contribution in [2.24, 2.45) is 5.73 Å². The monoisotopic (exact) mass is 234 g/mol. The average Bonchev–Trinajstić information content (AvgIpc) is 2.25. The van der Waals surface area contributed by atoms with Gasteiger partial charge in [-0.15, -0.1) is 0 Å². The molecule has 88 valence electrons. The van der Waals surface area contributed by atoms with Gasteiger partial charge in [0.05, 0.1) is 10.5 Å². The molecule has 2 N–H and O–H groups in total. The Bertz CT molecular complexity index is 487. The van der Waals surface area contributed by atoms with Crippen molar-refractivity contribution in [1.29, 1.82) is 0 Å². The Morgan fingerprint density at radius 1 is 1.29 bits per heavy atom. The van der Waals surface area contributed by atoms with Gasteiger partial charge >= 0.3 is 0 Å². The molecule has 0 aliphatic rings. The molecule has 0 unspecified atom stereocenters. The molecular formula is C11H10N2O4. The van der Waals surface area contributed by atoms with Crippen LogP contribution in [0.5, 0.6) is 0 Å². The van der Waals surface area contributed by atoms with Crippen LogP contribution in [0.3, 0.4) is 0 Å². The van der Waals surface area contributed by atoms with Crippen molar-refractivity contribution in [3.63, 3.8) is 0 Å². The van der Waals surface area contributed by atoms with Gasteiger partial charge < -0.3 is 5.73 Å². The van der Waals surface area contributed by atoms with E-state index in [0.29, 0.717) is 5.56 Å². The van der Waals surface area contributed by atoms with Gasteiger partial charge in [0.25, 0.3) is 11.6 Å². The number of nitrogens with zero attached hydrogens (tertiary/aromatic N) is 1. The van der Waals surface area contributed by atoms with Gasteiger partial charge in [-0.05, 0) is 30.7 Å². The molecule has 0 heterocycles. The summed E-state index contributed by atoms with van der Waals surface area (Å²) >= 11 is 0. The highest BCUT2D eigenvalue weighted by molar-refractivity contribution is 6.21. The standard InChI is InChI=1S/C11H10N2O4/c1-7(14)10(11(12)15)6-8-2-4-9(5-3-8)13(16)17/h2-6H,1H3,(H2,12,15)/b10-6-. The van der Waals surface area contributed by atoms with Gasteiger partial charge in [0.15, 0.2) is 5.78 Å². The van der Waals surface area contributed by atoms with Crippen LogP contribution in [-0.2, 0) is 9.59 Å². The number of nitro groups is 1. The van der Waals surface area contributed by atoms with E-state index in [4.69, 9.17) is 5.73 Å². The fraction of sp³-hybridized carbons (Fsp3) is 0.0909. The summed E-state index contributed by atoms with van der Waals surface area (Å²) in [4.78, 5) is 31.9. The lowest BCUT2D eigenvalue weighted by Gasteiger charge is -1.98. The van der Waals surface area contributed by atoms with E-state index < -0.39 is 16.6 Å². The molecule has 0 saturated heterocycles. The summed E-state index contributed by atoms with van der Waals surface area (Å²) in [6, 6.07) is 5.43. The molecular weight excluding hydrogens is 224 g/mol. The highest BCUT2D eigenvalue weighted by Crippen LogP contribution is 2.14. The van der Waals surface area contributed by atoms with E-state index >= 15 is 0 Å². The largest absolute Gasteiger partial charge is 0.365 e. The molecule has 0 radical (unpaired) electrons. The lowest BCUT2D eigenvalue weighted by Crippen LogP contribution is -2.18. The second kappa shape index (κ2) is 5.02. The Balaban J connectivity index is 3.09. The number of primary amides is 1. The second-order valence-corrected chi connectivity index (χ2v) is 3.33. The minimum Gasteiger partial charge on any atom is -0.365 e. The van der Waals surface area contributed by atoms with Crippen LogP contribution >= 0.6 is 0 Å². The number of amides is 1. The van der Waals surface area contributed by atoms with Crippen LogP contribution in [0.15, 0.2) is 29.8 Å². The number of nitrogens with two attached hydrogens (primary N) is 1. The summed E-state index contributed by atoms with van der Waals surface area (Å²) < 4.78 is 0. The van der Waals surface area contributed by atoms with Gasteiger partial charge in [-0.1, -0.05) is 0 Å². The number of hydrogen-bond acceptors (Lipinski definition) is 4. The minimum absolute atomic E-state index is 0.0643. The van der Waals surface area contributed by atoms with Crippen molar-refractivity contribution >= 4 is 23.5 Å². The summed E-state index contributed by atoms with van der Waals surface area (Å²) in [5, 5.41) is 10.4. The summed E-state index contributed by atoms with van der Waals surface area (Å²) in [7, 11) is 0. The van der Waals surface area contributed by atoms with Crippen molar-refractivity contribution in [1.82, 2.24) is 0 Å². The molecule has 0 atom stereocenters. The maximum atomic E-state index is 11.1. The highest BCUT2D eigenvalue weighted by Gasteiger charge is 2.10. The van der Waals surface area contributed by atoms with Gasteiger partial charge in [-0.25, -0.2) is 0 Å². The normalized spacial score (nSPS) is 11.0. The third-order valence-electron chi connectivity index (χ3n) is 2.06. The Morgan fingerprint density at radius 2 is 1.82 bits per heavy atom. The Kier molecular flexibility index (Phi) is 3.71. The van der Waals surface area contributed by atoms with Gasteiger partial charge in [-0.3, -0.25) is 19.7 Å². The van der Waals surface area contributed by atoms with Gasteiger partial charge in [0, 0.05) is 12.1 Å². The quantitative estimate of drug-likeness (QED) is 0.276. The van der Waals surface area contributed by atoms with E-state index in [-0.39, 0.29) is 11.3 Å². The molecule has 1 aromatic carbocycles. The SMILES string of the molecule is CC(=O)/C(=C/c1ccc([N+](=O)[O-])cc1)C(N)=O. The number of Topliss-reactive ketones (excluding diaryl/α,β-unsaturated/α-hetero) is 1. The maximum Gasteiger partial charge on any atom is 0.269 e. The van der Waals surface area contributed by atoms with Gasteiger partial charge in [0.1, 0.15) is 0 Å². The molecule has 17 heavy (non-hydrogen) atoms. The molecule has 0 aliphatic heterocycles. The number of hydrogen-bond donors (Lipinski definition) is 1. The zero-order chi connectivity index (χ0) is 13.0.